The van der Waals surface area contributed by atoms with E-state index in [-0.39, 0.29) is 6.03 Å². The van der Waals surface area contributed by atoms with Crippen LogP contribution in [0.5, 0.6) is 0 Å². The van der Waals surface area contributed by atoms with Crippen LogP contribution in [-0.4, -0.2) is 19.1 Å². The van der Waals surface area contributed by atoms with Crippen molar-refractivity contribution in [1.29, 1.82) is 0 Å². The number of carbonyl (C=O) groups excluding carboxylic acids is 1. The highest BCUT2D eigenvalue weighted by Gasteiger charge is 2.22. The molecule has 5 heteroatoms. The zero-order chi connectivity index (χ0) is 9.42. The molecule has 0 atom stereocenters. The van der Waals surface area contributed by atoms with E-state index in [1.54, 1.807) is 4.90 Å². The van der Waals surface area contributed by atoms with Gasteiger partial charge in [-0.25, -0.2) is 4.79 Å². The van der Waals surface area contributed by atoms with Crippen LogP contribution >= 0.6 is 11.3 Å². The van der Waals surface area contributed by atoms with Gasteiger partial charge in [0, 0.05) is 13.1 Å². The highest BCUT2D eigenvalue weighted by atomic mass is 32.1. The maximum atomic E-state index is 11.3. The molecule has 0 aliphatic carbocycles. The van der Waals surface area contributed by atoms with Crippen LogP contribution in [0.4, 0.5) is 14.8 Å². The molecule has 0 aromatic carbocycles. The molecular weight excluding hydrogens is 186 g/mol. The minimum Gasteiger partial charge on any atom is -0.390 e. The van der Waals surface area contributed by atoms with E-state index < -0.39 is 0 Å². The molecule has 0 saturated carbocycles. The van der Waals surface area contributed by atoms with Gasteiger partial charge in [0.25, 0.3) is 0 Å². The summed E-state index contributed by atoms with van der Waals surface area (Å²) in [5.74, 6) is 0. The lowest BCUT2D eigenvalue weighted by molar-refractivity contribution is 0.252. The van der Waals surface area contributed by atoms with Gasteiger partial charge in [-0.3, -0.25) is 4.90 Å². The molecule has 13 heavy (non-hydrogen) atoms. The highest BCUT2D eigenvalue weighted by molar-refractivity contribution is 7.20. The Labute approximate surface area is 80.3 Å². The summed E-state index contributed by atoms with van der Waals surface area (Å²) in [7, 11) is 0. The lowest BCUT2D eigenvalue weighted by Gasteiger charge is -2.09. The smallest absolute Gasteiger partial charge is 0.322 e. The standard InChI is InChI=1S/C8H11N3OS/c1-5-4-6(13-7(5)9)11-3-2-10-8(11)12/h4H,2-3,9H2,1H3,(H,10,12). The van der Waals surface area contributed by atoms with Crippen LogP contribution in [0.15, 0.2) is 6.07 Å². The quantitative estimate of drug-likeness (QED) is 0.710. The Morgan fingerprint density at radius 1 is 1.69 bits per heavy atom. The van der Waals surface area contributed by atoms with Crippen LogP contribution in [0.3, 0.4) is 0 Å². The number of aryl methyl sites for hydroxylation is 1. The maximum absolute atomic E-state index is 11.3. The Morgan fingerprint density at radius 3 is 2.92 bits per heavy atom. The number of hydrogen-bond donors (Lipinski definition) is 2. The largest absolute Gasteiger partial charge is 0.390 e. The summed E-state index contributed by atoms with van der Waals surface area (Å²) in [4.78, 5) is 13.0. The lowest BCUT2D eigenvalue weighted by atomic mass is 10.3. The second kappa shape index (κ2) is 2.92. The summed E-state index contributed by atoms with van der Waals surface area (Å²) >= 11 is 1.46. The minimum atomic E-state index is -0.0266. The summed E-state index contributed by atoms with van der Waals surface area (Å²) in [5.41, 5.74) is 6.76. The van der Waals surface area contributed by atoms with Gasteiger partial charge in [0.2, 0.25) is 0 Å². The van der Waals surface area contributed by atoms with Crippen LogP contribution in [0, 0.1) is 6.92 Å². The summed E-state index contributed by atoms with van der Waals surface area (Å²) in [6, 6.07) is 1.92. The molecule has 1 aliphatic heterocycles. The Kier molecular flexibility index (Phi) is 1.88. The lowest BCUT2D eigenvalue weighted by Crippen LogP contribution is -2.26. The molecule has 0 spiro atoms. The molecule has 3 N–H and O–H groups in total. The highest BCUT2D eigenvalue weighted by Crippen LogP contribution is 2.32. The first-order chi connectivity index (χ1) is 6.18. The molecule has 0 unspecified atom stereocenters. The molecule has 1 aromatic heterocycles. The van der Waals surface area contributed by atoms with Crippen molar-refractivity contribution in [3.05, 3.63) is 11.6 Å². The second-order valence-corrected chi connectivity index (χ2v) is 4.08. The fourth-order valence-corrected chi connectivity index (χ4v) is 2.26. The molecule has 1 aliphatic rings. The van der Waals surface area contributed by atoms with E-state index in [4.69, 9.17) is 5.73 Å². The zero-order valence-electron chi connectivity index (χ0n) is 7.33. The molecule has 1 aromatic rings. The third kappa shape index (κ3) is 1.35. The fraction of sp³-hybridized carbons (Fsp3) is 0.375. The van der Waals surface area contributed by atoms with Crippen molar-refractivity contribution in [2.24, 2.45) is 0 Å². The summed E-state index contributed by atoms with van der Waals surface area (Å²) in [5, 5.41) is 4.47. The van der Waals surface area contributed by atoms with E-state index >= 15 is 0 Å². The normalized spacial score (nSPS) is 16.4. The van der Waals surface area contributed by atoms with E-state index in [1.165, 1.54) is 11.3 Å². The molecule has 0 bridgehead atoms. The first kappa shape index (κ1) is 8.37. The average molecular weight is 197 g/mol. The van der Waals surface area contributed by atoms with Gasteiger partial charge in [-0.1, -0.05) is 0 Å². The summed E-state index contributed by atoms with van der Waals surface area (Å²) in [6.45, 7) is 3.40. The molecule has 2 rings (SSSR count). The number of rotatable bonds is 1. The van der Waals surface area contributed by atoms with Crippen LogP contribution in [0.25, 0.3) is 0 Å². The number of hydrogen-bond acceptors (Lipinski definition) is 3. The van der Waals surface area contributed by atoms with Crippen molar-refractivity contribution in [2.45, 2.75) is 6.92 Å². The van der Waals surface area contributed by atoms with Crippen molar-refractivity contribution >= 4 is 27.4 Å². The summed E-state index contributed by atoms with van der Waals surface area (Å²) in [6.07, 6.45) is 0. The van der Waals surface area contributed by atoms with Gasteiger partial charge in [0.1, 0.15) is 5.00 Å². The van der Waals surface area contributed by atoms with Crippen molar-refractivity contribution in [2.75, 3.05) is 23.7 Å². The molecule has 0 radical (unpaired) electrons. The first-order valence-corrected chi connectivity index (χ1v) is 4.91. The third-order valence-corrected chi connectivity index (χ3v) is 3.16. The first-order valence-electron chi connectivity index (χ1n) is 4.10. The average Bonchev–Trinajstić information content (AvgIpc) is 2.60. The zero-order valence-corrected chi connectivity index (χ0v) is 8.15. The van der Waals surface area contributed by atoms with E-state index in [1.807, 2.05) is 13.0 Å². The van der Waals surface area contributed by atoms with E-state index in [2.05, 4.69) is 5.32 Å². The van der Waals surface area contributed by atoms with Crippen LogP contribution in [0.2, 0.25) is 0 Å². The monoisotopic (exact) mass is 197 g/mol. The Hall–Kier alpha value is -1.23. The Bertz CT molecular complexity index is 328. The van der Waals surface area contributed by atoms with Gasteiger partial charge in [0.05, 0.1) is 5.00 Å². The topological polar surface area (TPSA) is 58.4 Å². The van der Waals surface area contributed by atoms with Gasteiger partial charge in [0.15, 0.2) is 0 Å². The van der Waals surface area contributed by atoms with Gasteiger partial charge in [-0.15, -0.1) is 11.3 Å². The van der Waals surface area contributed by atoms with Crippen LogP contribution in [-0.2, 0) is 0 Å². The second-order valence-electron chi connectivity index (χ2n) is 3.02. The predicted octanol–water partition coefficient (Wildman–Crippen LogP) is 1.17. The molecular formula is C8H11N3OS. The van der Waals surface area contributed by atoms with E-state index in [0.717, 1.165) is 28.7 Å². The van der Waals surface area contributed by atoms with E-state index in [0.29, 0.717) is 0 Å². The number of nitrogens with one attached hydrogen (secondary N) is 1. The molecule has 70 valence electrons. The van der Waals surface area contributed by atoms with Crippen molar-refractivity contribution in [3.63, 3.8) is 0 Å². The molecule has 1 fully saturated rings. The summed E-state index contributed by atoms with van der Waals surface area (Å²) < 4.78 is 0. The van der Waals surface area contributed by atoms with Gasteiger partial charge in [-0.2, -0.15) is 0 Å². The number of anilines is 2. The minimum absolute atomic E-state index is 0.0266. The SMILES string of the molecule is Cc1cc(N2CCNC2=O)sc1N. The number of nitrogen functional groups attached to an aromatic ring is 1. The number of nitrogens with zero attached hydrogens (tertiary/aromatic N) is 1. The number of carbonyl (C=O) groups is 1. The molecule has 1 saturated heterocycles. The number of urea groups is 1. The number of thiophene rings is 1. The maximum Gasteiger partial charge on any atom is 0.322 e. The van der Waals surface area contributed by atoms with Crippen LogP contribution < -0.4 is 16.0 Å². The number of nitrogens with two attached hydrogens (primary N) is 1. The van der Waals surface area contributed by atoms with Crippen molar-refractivity contribution in [1.82, 2.24) is 5.32 Å². The van der Waals surface area contributed by atoms with Gasteiger partial charge < -0.3 is 11.1 Å². The van der Waals surface area contributed by atoms with Gasteiger partial charge in [-0.05, 0) is 18.6 Å². The van der Waals surface area contributed by atoms with Crippen molar-refractivity contribution < 1.29 is 4.79 Å². The van der Waals surface area contributed by atoms with Gasteiger partial charge >= 0.3 is 6.03 Å². The molecule has 2 amide bonds. The third-order valence-electron chi connectivity index (χ3n) is 2.07. The van der Waals surface area contributed by atoms with E-state index in [9.17, 15) is 4.79 Å². The number of amides is 2. The predicted molar refractivity (Wildman–Crippen MR) is 54.2 cm³/mol. The Morgan fingerprint density at radius 2 is 2.46 bits per heavy atom. The van der Waals surface area contributed by atoms with Crippen LogP contribution in [0.1, 0.15) is 5.56 Å². The molecule has 2 heterocycles. The van der Waals surface area contributed by atoms with Crippen molar-refractivity contribution in [3.8, 4) is 0 Å². The molecule has 4 nitrogen and oxygen atoms in total. The fourth-order valence-electron chi connectivity index (χ4n) is 1.29. The Balaban J connectivity index is 2.29.